The van der Waals surface area contributed by atoms with Crippen LogP contribution in [0.1, 0.15) is 32.7 Å². The van der Waals surface area contributed by atoms with Gasteiger partial charge in [-0.1, -0.05) is 23.7 Å². The standard InChI is InChI=1S/C23H18ClF6N3O3S/c1-37(35,36)33(13-16-3-6-17(10-19(16)24)22(25,26)27)18-7-4-15(5-8-18)21(34)32-12-14-2-9-20(31-11-14)23(28,29)30/h2-11H,12-13H2,1H3,(H,32,34). The number of pyridine rings is 1. The second-order valence-corrected chi connectivity index (χ2v) is 10.2. The molecule has 6 nitrogen and oxygen atoms in total. The lowest BCUT2D eigenvalue weighted by Gasteiger charge is -2.23. The summed E-state index contributed by atoms with van der Waals surface area (Å²) < 4.78 is 102. The van der Waals surface area contributed by atoms with Crippen molar-refractivity contribution in [3.05, 3.63) is 93.8 Å². The maximum Gasteiger partial charge on any atom is 0.433 e. The van der Waals surface area contributed by atoms with Crippen LogP contribution in [0.5, 0.6) is 0 Å². The van der Waals surface area contributed by atoms with Gasteiger partial charge in [0.05, 0.1) is 24.1 Å². The van der Waals surface area contributed by atoms with E-state index in [9.17, 15) is 39.6 Å². The Bertz CT molecular complexity index is 1380. The Balaban J connectivity index is 1.73. The monoisotopic (exact) mass is 565 g/mol. The molecule has 0 aliphatic rings. The zero-order chi connectivity index (χ0) is 27.6. The van der Waals surface area contributed by atoms with Gasteiger partial charge in [0.1, 0.15) is 5.69 Å². The molecule has 1 heterocycles. The fraction of sp³-hybridized carbons (Fsp3) is 0.217. The molecule has 198 valence electrons. The smallest absolute Gasteiger partial charge is 0.348 e. The highest BCUT2D eigenvalue weighted by Gasteiger charge is 2.32. The minimum Gasteiger partial charge on any atom is -0.348 e. The average molecular weight is 566 g/mol. The van der Waals surface area contributed by atoms with Crippen molar-refractivity contribution in [2.45, 2.75) is 25.4 Å². The quantitative estimate of drug-likeness (QED) is 0.375. The number of nitrogens with zero attached hydrogens (tertiary/aromatic N) is 2. The molecule has 0 radical (unpaired) electrons. The van der Waals surface area contributed by atoms with Gasteiger partial charge in [-0.2, -0.15) is 26.3 Å². The summed E-state index contributed by atoms with van der Waals surface area (Å²) in [5, 5.41) is 2.25. The number of halogens is 7. The van der Waals surface area contributed by atoms with Crippen molar-refractivity contribution in [2.75, 3.05) is 10.6 Å². The maximum absolute atomic E-state index is 12.9. The summed E-state index contributed by atoms with van der Waals surface area (Å²) >= 11 is 5.97. The highest BCUT2D eigenvalue weighted by Crippen LogP contribution is 2.33. The lowest BCUT2D eigenvalue weighted by molar-refractivity contribution is -0.141. The number of benzene rings is 2. The SMILES string of the molecule is CS(=O)(=O)N(Cc1ccc(C(F)(F)F)cc1Cl)c1ccc(C(=O)NCc2ccc(C(F)(F)F)nc2)cc1. The van der Waals surface area contributed by atoms with E-state index < -0.39 is 39.5 Å². The zero-order valence-corrected chi connectivity index (χ0v) is 20.4. The van der Waals surface area contributed by atoms with Crippen LogP contribution in [0.4, 0.5) is 32.0 Å². The van der Waals surface area contributed by atoms with Crippen LogP contribution >= 0.6 is 11.6 Å². The Morgan fingerprint density at radius 1 is 0.973 bits per heavy atom. The third kappa shape index (κ3) is 7.35. The molecule has 0 spiro atoms. The van der Waals surface area contributed by atoms with E-state index in [2.05, 4.69) is 10.3 Å². The molecule has 0 saturated carbocycles. The van der Waals surface area contributed by atoms with Gasteiger partial charge in [-0.15, -0.1) is 0 Å². The highest BCUT2D eigenvalue weighted by atomic mass is 35.5. The van der Waals surface area contributed by atoms with Gasteiger partial charge in [0.25, 0.3) is 5.91 Å². The van der Waals surface area contributed by atoms with E-state index in [0.717, 1.165) is 35.0 Å². The lowest BCUT2D eigenvalue weighted by atomic mass is 10.1. The first kappa shape index (κ1) is 28.3. The molecule has 0 aliphatic heterocycles. The highest BCUT2D eigenvalue weighted by molar-refractivity contribution is 7.92. The number of nitrogens with one attached hydrogen (secondary N) is 1. The molecular weight excluding hydrogens is 548 g/mol. The largest absolute Gasteiger partial charge is 0.433 e. The number of sulfonamides is 1. The number of rotatable bonds is 7. The first-order chi connectivity index (χ1) is 17.1. The molecule has 3 aromatic rings. The lowest BCUT2D eigenvalue weighted by Crippen LogP contribution is -2.29. The van der Waals surface area contributed by atoms with Crippen LogP contribution in [-0.2, 0) is 35.5 Å². The molecule has 37 heavy (non-hydrogen) atoms. The van der Waals surface area contributed by atoms with E-state index in [0.29, 0.717) is 11.6 Å². The summed E-state index contributed by atoms with van der Waals surface area (Å²) in [6.45, 7) is -0.462. The molecule has 1 aromatic heterocycles. The Hall–Kier alpha value is -3.32. The fourth-order valence-corrected chi connectivity index (χ4v) is 4.29. The van der Waals surface area contributed by atoms with Crippen LogP contribution in [0.25, 0.3) is 0 Å². The first-order valence-electron chi connectivity index (χ1n) is 10.3. The number of hydrogen-bond acceptors (Lipinski definition) is 4. The predicted molar refractivity (Wildman–Crippen MR) is 124 cm³/mol. The van der Waals surface area contributed by atoms with Gasteiger partial charge in [-0.05, 0) is 53.6 Å². The van der Waals surface area contributed by atoms with E-state index in [1.807, 2.05) is 0 Å². The van der Waals surface area contributed by atoms with Gasteiger partial charge in [-0.25, -0.2) is 8.42 Å². The number of carbonyl (C=O) groups is 1. The molecule has 1 N–H and O–H groups in total. The van der Waals surface area contributed by atoms with Crippen molar-refractivity contribution in [3.8, 4) is 0 Å². The topological polar surface area (TPSA) is 79.4 Å². The molecule has 14 heteroatoms. The van der Waals surface area contributed by atoms with Crippen LogP contribution in [0.2, 0.25) is 5.02 Å². The van der Waals surface area contributed by atoms with Crippen molar-refractivity contribution in [1.29, 1.82) is 0 Å². The second kappa shape index (κ2) is 10.6. The molecule has 0 aliphatic carbocycles. The Kier molecular flexibility index (Phi) is 8.08. The fourth-order valence-electron chi connectivity index (χ4n) is 3.17. The molecule has 3 rings (SSSR count). The number of alkyl halides is 6. The first-order valence-corrected chi connectivity index (χ1v) is 12.5. The maximum atomic E-state index is 12.9. The number of aromatic nitrogens is 1. The zero-order valence-electron chi connectivity index (χ0n) is 18.9. The summed E-state index contributed by atoms with van der Waals surface area (Å²) in [5.41, 5.74) is -1.32. The molecule has 0 saturated heterocycles. The Morgan fingerprint density at radius 3 is 2.11 bits per heavy atom. The normalized spacial score (nSPS) is 12.3. The van der Waals surface area contributed by atoms with Crippen LogP contribution in [0.15, 0.2) is 60.8 Å². The Labute approximate surface area is 212 Å². The van der Waals surface area contributed by atoms with Crippen LogP contribution in [0, 0.1) is 0 Å². The second-order valence-electron chi connectivity index (χ2n) is 7.85. The number of amides is 1. The van der Waals surface area contributed by atoms with Gasteiger partial charge in [0.15, 0.2) is 0 Å². The van der Waals surface area contributed by atoms with Gasteiger partial charge in [-0.3, -0.25) is 14.1 Å². The third-order valence-corrected chi connectivity index (χ3v) is 6.57. The van der Waals surface area contributed by atoms with Crippen molar-refractivity contribution in [1.82, 2.24) is 10.3 Å². The van der Waals surface area contributed by atoms with Crippen LogP contribution < -0.4 is 9.62 Å². The predicted octanol–water partition coefficient (Wildman–Crippen LogP) is 5.67. The average Bonchev–Trinajstić information content (AvgIpc) is 2.80. The summed E-state index contributed by atoms with van der Waals surface area (Å²) in [4.78, 5) is 15.7. The van der Waals surface area contributed by atoms with Crippen molar-refractivity contribution in [2.24, 2.45) is 0 Å². The molecule has 0 bridgehead atoms. The summed E-state index contributed by atoms with van der Waals surface area (Å²) in [5.74, 6) is -0.580. The van der Waals surface area contributed by atoms with Crippen LogP contribution in [-0.4, -0.2) is 25.6 Å². The van der Waals surface area contributed by atoms with Crippen molar-refractivity contribution in [3.63, 3.8) is 0 Å². The van der Waals surface area contributed by atoms with Gasteiger partial charge >= 0.3 is 12.4 Å². The Morgan fingerprint density at radius 2 is 1.62 bits per heavy atom. The molecule has 0 fully saturated rings. The summed E-state index contributed by atoms with van der Waals surface area (Å²) in [6, 6.07) is 9.85. The van der Waals surface area contributed by atoms with E-state index in [-0.39, 0.29) is 34.9 Å². The summed E-state index contributed by atoms with van der Waals surface area (Å²) in [7, 11) is -3.90. The molecule has 2 aromatic carbocycles. The van der Waals surface area contributed by atoms with Crippen molar-refractivity contribution < 1.29 is 39.6 Å². The molecule has 0 unspecified atom stereocenters. The van der Waals surface area contributed by atoms with Gasteiger partial charge < -0.3 is 5.32 Å². The number of hydrogen-bond donors (Lipinski definition) is 1. The minimum atomic E-state index is -4.61. The molecule has 1 amide bonds. The van der Waals surface area contributed by atoms with E-state index in [4.69, 9.17) is 11.6 Å². The van der Waals surface area contributed by atoms with E-state index in [1.165, 1.54) is 30.3 Å². The van der Waals surface area contributed by atoms with E-state index in [1.54, 1.807) is 0 Å². The summed E-state index contributed by atoms with van der Waals surface area (Å²) in [6.07, 6.45) is -7.30. The number of carbonyl (C=O) groups excluding carboxylic acids is 1. The molecule has 0 atom stereocenters. The molecular formula is C23H18ClF6N3O3S. The van der Waals surface area contributed by atoms with Gasteiger partial charge in [0.2, 0.25) is 10.0 Å². The van der Waals surface area contributed by atoms with Gasteiger partial charge in [0, 0.05) is 23.3 Å². The van der Waals surface area contributed by atoms with E-state index >= 15 is 0 Å². The third-order valence-electron chi connectivity index (χ3n) is 5.08. The van der Waals surface area contributed by atoms with Crippen molar-refractivity contribution >= 4 is 33.2 Å². The minimum absolute atomic E-state index is 0.104. The number of anilines is 1. The van der Waals surface area contributed by atoms with Crippen LogP contribution in [0.3, 0.4) is 0 Å².